The fraction of sp³-hybridized carbons (Fsp3) is 0.0476. The van der Waals surface area contributed by atoms with E-state index in [0.29, 0.717) is 5.92 Å². The van der Waals surface area contributed by atoms with Gasteiger partial charge in [0.1, 0.15) is 0 Å². The van der Waals surface area contributed by atoms with Crippen LogP contribution in [-0.4, -0.2) is 4.57 Å². The average molecular weight is 831 g/mol. The maximum Gasteiger partial charge on any atom is 0.0544 e. The van der Waals surface area contributed by atoms with Crippen molar-refractivity contribution in [2.75, 3.05) is 4.90 Å². The second kappa shape index (κ2) is 16.2. The quantitative estimate of drug-likeness (QED) is 0.148. The van der Waals surface area contributed by atoms with E-state index in [1.54, 1.807) is 0 Å². The molecule has 1 aliphatic rings. The molecular formula is C63H46N2. The van der Waals surface area contributed by atoms with Crippen molar-refractivity contribution in [3.63, 3.8) is 0 Å². The molecule has 308 valence electrons. The molecule has 1 atom stereocenters. The molecule has 10 aromatic carbocycles. The summed E-state index contributed by atoms with van der Waals surface area (Å²) in [5.74, 6) is 0.427. The fourth-order valence-corrected chi connectivity index (χ4v) is 10.3. The van der Waals surface area contributed by atoms with Gasteiger partial charge in [-0.05, 0) is 122 Å². The van der Waals surface area contributed by atoms with E-state index in [4.69, 9.17) is 0 Å². The third kappa shape index (κ3) is 6.74. The number of nitrogens with zero attached hydrogens (tertiary/aromatic N) is 2. The molecule has 1 aromatic heterocycles. The number of rotatable bonds is 8. The van der Waals surface area contributed by atoms with Crippen LogP contribution in [0, 0.1) is 5.92 Å². The molecule has 12 rings (SSSR count). The molecule has 0 radical (unpaired) electrons. The minimum Gasteiger partial charge on any atom is -0.313 e. The molecule has 2 nitrogen and oxygen atoms in total. The normalized spacial score (nSPS) is 13.7. The largest absolute Gasteiger partial charge is 0.313 e. The first-order valence-electron chi connectivity index (χ1n) is 22.7. The number of fused-ring (bicyclic) bond motifs is 5. The third-order valence-electron chi connectivity index (χ3n) is 13.4. The second-order valence-corrected chi connectivity index (χ2v) is 17.3. The van der Waals surface area contributed by atoms with Crippen molar-refractivity contribution in [2.45, 2.75) is 13.3 Å². The summed E-state index contributed by atoms with van der Waals surface area (Å²) in [5.41, 5.74) is 16.8. The van der Waals surface area contributed by atoms with E-state index in [0.717, 1.165) is 23.5 Å². The summed E-state index contributed by atoms with van der Waals surface area (Å²) in [6.07, 6.45) is 7.83. The molecule has 1 unspecified atom stereocenters. The first-order valence-corrected chi connectivity index (χ1v) is 22.7. The molecule has 1 heterocycles. The summed E-state index contributed by atoms with van der Waals surface area (Å²) >= 11 is 0. The molecule has 11 aromatic rings. The summed E-state index contributed by atoms with van der Waals surface area (Å²) in [7, 11) is 0. The smallest absolute Gasteiger partial charge is 0.0544 e. The Balaban J connectivity index is 1.02. The predicted molar refractivity (Wildman–Crippen MR) is 278 cm³/mol. The Hall–Kier alpha value is -8.20. The molecule has 2 heteroatoms. The molecule has 0 bridgehead atoms. The number of aromatic nitrogens is 1. The second-order valence-electron chi connectivity index (χ2n) is 17.3. The van der Waals surface area contributed by atoms with Crippen LogP contribution in [0.4, 0.5) is 17.1 Å². The van der Waals surface area contributed by atoms with Crippen LogP contribution in [0.15, 0.2) is 243 Å². The highest BCUT2D eigenvalue weighted by Gasteiger charge is 2.23. The van der Waals surface area contributed by atoms with Gasteiger partial charge >= 0.3 is 0 Å². The highest BCUT2D eigenvalue weighted by molar-refractivity contribution is 6.16. The van der Waals surface area contributed by atoms with Crippen LogP contribution >= 0.6 is 0 Å². The maximum absolute atomic E-state index is 2.49. The van der Waals surface area contributed by atoms with Crippen molar-refractivity contribution in [2.24, 2.45) is 5.92 Å². The van der Waals surface area contributed by atoms with Gasteiger partial charge in [0.05, 0.1) is 16.7 Å². The molecule has 65 heavy (non-hydrogen) atoms. The third-order valence-corrected chi connectivity index (χ3v) is 13.4. The van der Waals surface area contributed by atoms with Gasteiger partial charge < -0.3 is 9.47 Å². The van der Waals surface area contributed by atoms with Gasteiger partial charge in [-0.15, -0.1) is 0 Å². The maximum atomic E-state index is 2.49. The van der Waals surface area contributed by atoms with Crippen molar-refractivity contribution in [3.05, 3.63) is 243 Å². The topological polar surface area (TPSA) is 8.17 Å². The van der Waals surface area contributed by atoms with E-state index in [1.807, 2.05) is 0 Å². The summed E-state index contributed by atoms with van der Waals surface area (Å²) in [6.45, 7) is 2.34. The molecule has 0 saturated heterocycles. The zero-order chi connectivity index (χ0) is 43.3. The van der Waals surface area contributed by atoms with Gasteiger partial charge in [-0.2, -0.15) is 0 Å². The Kier molecular flexibility index (Phi) is 9.57. The van der Waals surface area contributed by atoms with Crippen LogP contribution in [0.2, 0.25) is 0 Å². The van der Waals surface area contributed by atoms with Crippen LogP contribution in [-0.2, 0) is 0 Å². The standard InChI is InChI=1S/C63H46N2/c1-43-16-5-10-28-58(43)65-60-30-12-9-24-57(60)63-54(26-15-31-61(63)65)47-36-40-52(41-37-47)64(51-38-34-45(35-39-51)50-33-32-44-17-6-7-20-49(44)42-50)59-29-11-8-23-55(59)56-27-14-22-48-21-13-25-53(62(48)56)46-18-3-2-4-19-46/h2-15,17-43H,16H2,1H3. The van der Waals surface area contributed by atoms with Gasteiger partial charge in [-0.3, -0.25) is 0 Å². The van der Waals surface area contributed by atoms with Gasteiger partial charge in [0.15, 0.2) is 0 Å². The monoisotopic (exact) mass is 830 g/mol. The molecule has 0 aliphatic heterocycles. The molecule has 0 spiro atoms. The molecule has 0 N–H and O–H groups in total. The van der Waals surface area contributed by atoms with Crippen molar-refractivity contribution >= 4 is 66.1 Å². The minimum absolute atomic E-state index is 0.427. The van der Waals surface area contributed by atoms with Crippen molar-refractivity contribution in [1.29, 1.82) is 0 Å². The van der Waals surface area contributed by atoms with Gasteiger partial charge in [0, 0.05) is 39.3 Å². The van der Waals surface area contributed by atoms with Crippen molar-refractivity contribution < 1.29 is 0 Å². The van der Waals surface area contributed by atoms with Gasteiger partial charge in [0.2, 0.25) is 0 Å². The van der Waals surface area contributed by atoms with Crippen LogP contribution in [0.5, 0.6) is 0 Å². The van der Waals surface area contributed by atoms with E-state index in [9.17, 15) is 0 Å². The zero-order valence-electron chi connectivity index (χ0n) is 36.3. The summed E-state index contributed by atoms with van der Waals surface area (Å²) in [5, 5.41) is 7.52. The predicted octanol–water partition coefficient (Wildman–Crippen LogP) is 17.7. The van der Waals surface area contributed by atoms with Crippen molar-refractivity contribution in [3.8, 4) is 44.5 Å². The average Bonchev–Trinajstić information content (AvgIpc) is 3.71. The number of anilines is 3. The van der Waals surface area contributed by atoms with E-state index < -0.39 is 0 Å². The molecule has 0 fully saturated rings. The number of hydrogen-bond acceptors (Lipinski definition) is 1. The highest BCUT2D eigenvalue weighted by atomic mass is 15.1. The highest BCUT2D eigenvalue weighted by Crippen LogP contribution is 2.46. The first kappa shape index (κ1) is 38.5. The van der Waals surface area contributed by atoms with Crippen LogP contribution in [0.25, 0.3) is 93.6 Å². The lowest BCUT2D eigenvalue weighted by Gasteiger charge is -2.29. The Morgan fingerprint density at radius 1 is 0.415 bits per heavy atom. The van der Waals surface area contributed by atoms with Crippen LogP contribution < -0.4 is 4.90 Å². The van der Waals surface area contributed by atoms with E-state index in [-0.39, 0.29) is 0 Å². The summed E-state index contributed by atoms with van der Waals surface area (Å²) in [4.78, 5) is 2.43. The first-order chi connectivity index (χ1) is 32.2. The lowest BCUT2D eigenvalue weighted by molar-refractivity contribution is 0.725. The lowest BCUT2D eigenvalue weighted by Crippen LogP contribution is -2.11. The number of hydrogen-bond donors (Lipinski definition) is 0. The van der Waals surface area contributed by atoms with E-state index in [1.165, 1.54) is 93.6 Å². The Labute approximate surface area is 380 Å². The summed E-state index contributed by atoms with van der Waals surface area (Å²) < 4.78 is 2.49. The van der Waals surface area contributed by atoms with Crippen LogP contribution in [0.3, 0.4) is 0 Å². The van der Waals surface area contributed by atoms with Gasteiger partial charge in [-0.1, -0.05) is 195 Å². The van der Waals surface area contributed by atoms with E-state index >= 15 is 0 Å². The molecule has 0 amide bonds. The number of benzene rings is 10. The molecular weight excluding hydrogens is 785 g/mol. The molecule has 0 saturated carbocycles. The molecule has 1 aliphatic carbocycles. The minimum atomic E-state index is 0.427. The number of para-hydroxylation sites is 2. The Morgan fingerprint density at radius 3 is 1.77 bits per heavy atom. The SMILES string of the molecule is CC1CC=CC=C1n1c2ccccc2c2c(-c3ccc(N(c4ccc(-c5ccc6ccccc6c5)cc4)c4ccccc4-c4cccc5cccc(-c6ccccc6)c45)cc3)cccc21. The lowest BCUT2D eigenvalue weighted by atomic mass is 9.90. The fourth-order valence-electron chi connectivity index (χ4n) is 10.3. The van der Waals surface area contributed by atoms with E-state index in [2.05, 4.69) is 259 Å². The Morgan fingerprint density at radius 2 is 0.985 bits per heavy atom. The zero-order valence-corrected chi connectivity index (χ0v) is 36.3. The Bertz CT molecular complexity index is 3620. The van der Waals surface area contributed by atoms with Crippen LogP contribution in [0.1, 0.15) is 13.3 Å². The number of allylic oxidation sites excluding steroid dienone is 4. The van der Waals surface area contributed by atoms with Crippen molar-refractivity contribution in [1.82, 2.24) is 4.57 Å². The van der Waals surface area contributed by atoms with Gasteiger partial charge in [-0.25, -0.2) is 0 Å². The summed E-state index contributed by atoms with van der Waals surface area (Å²) in [6, 6.07) is 82.4. The van der Waals surface area contributed by atoms with Gasteiger partial charge in [0.25, 0.3) is 0 Å².